The fraction of sp³-hybridized carbons (Fsp3) is 0.909. The maximum Gasteiger partial charge on any atom is 0.334 e. The Morgan fingerprint density at radius 1 is 1.21 bits per heavy atom. The monoisotopic (exact) mass is 202 g/mol. The lowest BCUT2D eigenvalue weighted by atomic mass is 10.2. The van der Waals surface area contributed by atoms with E-state index in [9.17, 15) is 9.90 Å². The molecule has 0 amide bonds. The molecular weight excluding hydrogens is 180 g/mol. The third kappa shape index (κ3) is 6.89. The molecule has 0 heterocycles. The van der Waals surface area contributed by atoms with Crippen LogP contribution >= 0.6 is 0 Å². The summed E-state index contributed by atoms with van der Waals surface area (Å²) in [5, 5.41) is 9.33. The average Bonchev–Trinajstić information content (AvgIpc) is 2.20. The van der Waals surface area contributed by atoms with Gasteiger partial charge in [-0.25, -0.2) is 4.79 Å². The number of rotatable bonds is 8. The van der Waals surface area contributed by atoms with Crippen molar-refractivity contribution in [2.45, 2.75) is 58.5 Å². The standard InChI is InChI=1S/C11H22O3/c1-3-5-7-9-14-11(13)10(12)8-6-4-2/h10,12H,3-9H2,1-2H3. The summed E-state index contributed by atoms with van der Waals surface area (Å²) in [6.07, 6.45) is 4.52. The predicted octanol–water partition coefficient (Wildman–Crippen LogP) is 2.27. The van der Waals surface area contributed by atoms with E-state index < -0.39 is 12.1 Å². The van der Waals surface area contributed by atoms with E-state index in [1.165, 1.54) is 0 Å². The third-order valence-electron chi connectivity index (χ3n) is 2.10. The van der Waals surface area contributed by atoms with E-state index in [1.54, 1.807) is 0 Å². The minimum atomic E-state index is -0.920. The molecule has 0 aliphatic heterocycles. The Hall–Kier alpha value is -0.570. The molecule has 0 saturated heterocycles. The van der Waals surface area contributed by atoms with Crippen LogP contribution in [0.2, 0.25) is 0 Å². The second-order valence-electron chi connectivity index (χ2n) is 3.53. The molecule has 0 radical (unpaired) electrons. The summed E-state index contributed by atoms with van der Waals surface area (Å²) in [7, 11) is 0. The Bertz CT molecular complexity index is 145. The minimum absolute atomic E-state index is 0.440. The van der Waals surface area contributed by atoms with Gasteiger partial charge in [0.1, 0.15) is 0 Å². The number of hydrogen-bond acceptors (Lipinski definition) is 3. The average molecular weight is 202 g/mol. The van der Waals surface area contributed by atoms with Crippen LogP contribution in [-0.4, -0.2) is 23.8 Å². The lowest BCUT2D eigenvalue weighted by molar-refractivity contribution is -0.154. The largest absolute Gasteiger partial charge is 0.464 e. The summed E-state index contributed by atoms with van der Waals surface area (Å²) < 4.78 is 4.91. The predicted molar refractivity (Wildman–Crippen MR) is 56.0 cm³/mol. The first-order valence-corrected chi connectivity index (χ1v) is 5.57. The molecule has 3 nitrogen and oxygen atoms in total. The number of carbonyl (C=O) groups excluding carboxylic acids is 1. The highest BCUT2D eigenvalue weighted by Gasteiger charge is 2.14. The smallest absolute Gasteiger partial charge is 0.334 e. The minimum Gasteiger partial charge on any atom is -0.464 e. The fourth-order valence-electron chi connectivity index (χ4n) is 1.14. The third-order valence-corrected chi connectivity index (χ3v) is 2.10. The van der Waals surface area contributed by atoms with Crippen LogP contribution < -0.4 is 0 Å². The van der Waals surface area contributed by atoms with Crippen molar-refractivity contribution in [2.75, 3.05) is 6.61 Å². The number of hydrogen-bond donors (Lipinski definition) is 1. The van der Waals surface area contributed by atoms with Crippen molar-refractivity contribution in [1.82, 2.24) is 0 Å². The van der Waals surface area contributed by atoms with Crippen molar-refractivity contribution >= 4 is 5.97 Å². The molecule has 0 saturated carbocycles. The molecule has 1 unspecified atom stereocenters. The zero-order valence-corrected chi connectivity index (χ0v) is 9.29. The van der Waals surface area contributed by atoms with Gasteiger partial charge in [0, 0.05) is 0 Å². The van der Waals surface area contributed by atoms with Crippen molar-refractivity contribution < 1.29 is 14.6 Å². The molecule has 1 N–H and O–H groups in total. The van der Waals surface area contributed by atoms with Gasteiger partial charge in [-0.3, -0.25) is 0 Å². The van der Waals surface area contributed by atoms with Gasteiger partial charge in [0.05, 0.1) is 6.61 Å². The molecule has 1 atom stereocenters. The highest BCUT2D eigenvalue weighted by atomic mass is 16.5. The maximum atomic E-state index is 11.1. The molecule has 0 aromatic heterocycles. The lowest BCUT2D eigenvalue weighted by Crippen LogP contribution is -2.23. The number of carbonyl (C=O) groups is 1. The van der Waals surface area contributed by atoms with Crippen LogP contribution in [0.5, 0.6) is 0 Å². The van der Waals surface area contributed by atoms with Gasteiger partial charge < -0.3 is 9.84 Å². The van der Waals surface area contributed by atoms with Gasteiger partial charge in [0.2, 0.25) is 0 Å². The normalized spacial score (nSPS) is 12.5. The Balaban J connectivity index is 3.42. The Morgan fingerprint density at radius 2 is 1.86 bits per heavy atom. The van der Waals surface area contributed by atoms with Gasteiger partial charge in [-0.1, -0.05) is 39.5 Å². The van der Waals surface area contributed by atoms with Crippen molar-refractivity contribution in [3.63, 3.8) is 0 Å². The summed E-state index contributed by atoms with van der Waals surface area (Å²) in [5.74, 6) is -0.463. The van der Waals surface area contributed by atoms with Gasteiger partial charge in [-0.2, -0.15) is 0 Å². The lowest BCUT2D eigenvalue weighted by Gasteiger charge is -2.09. The van der Waals surface area contributed by atoms with Crippen LogP contribution in [0.4, 0.5) is 0 Å². The molecule has 0 spiro atoms. The maximum absolute atomic E-state index is 11.1. The quantitative estimate of drug-likeness (QED) is 0.485. The number of unbranched alkanes of at least 4 members (excludes halogenated alkanes) is 3. The molecule has 84 valence electrons. The van der Waals surface area contributed by atoms with Gasteiger partial charge in [-0.05, 0) is 12.8 Å². The van der Waals surface area contributed by atoms with Crippen LogP contribution in [0.1, 0.15) is 52.4 Å². The van der Waals surface area contributed by atoms with Crippen LogP contribution in [0.3, 0.4) is 0 Å². The van der Waals surface area contributed by atoms with Crippen molar-refractivity contribution in [2.24, 2.45) is 0 Å². The van der Waals surface area contributed by atoms with Crippen LogP contribution in [-0.2, 0) is 9.53 Å². The number of esters is 1. The van der Waals surface area contributed by atoms with E-state index in [1.807, 2.05) is 6.92 Å². The first-order valence-electron chi connectivity index (χ1n) is 5.57. The van der Waals surface area contributed by atoms with E-state index in [0.717, 1.165) is 32.1 Å². The molecule has 0 aromatic rings. The first-order chi connectivity index (χ1) is 6.72. The molecular formula is C11H22O3. The first kappa shape index (κ1) is 13.4. The summed E-state index contributed by atoms with van der Waals surface area (Å²) >= 11 is 0. The van der Waals surface area contributed by atoms with Crippen molar-refractivity contribution in [1.29, 1.82) is 0 Å². The molecule has 0 fully saturated rings. The van der Waals surface area contributed by atoms with Gasteiger partial charge in [0.25, 0.3) is 0 Å². The molecule has 0 aliphatic rings. The summed E-state index contributed by atoms with van der Waals surface area (Å²) in [6.45, 7) is 4.56. The SMILES string of the molecule is CCCCCOC(=O)C(O)CCCC. The molecule has 0 rings (SSSR count). The van der Waals surface area contributed by atoms with Crippen molar-refractivity contribution in [3.05, 3.63) is 0 Å². The van der Waals surface area contributed by atoms with E-state index >= 15 is 0 Å². The highest BCUT2D eigenvalue weighted by molar-refractivity contribution is 5.74. The van der Waals surface area contributed by atoms with Gasteiger partial charge in [0.15, 0.2) is 6.10 Å². The molecule has 3 heteroatoms. The second-order valence-corrected chi connectivity index (χ2v) is 3.53. The van der Waals surface area contributed by atoms with Crippen LogP contribution in [0.25, 0.3) is 0 Å². The number of ether oxygens (including phenoxy) is 1. The van der Waals surface area contributed by atoms with Crippen LogP contribution in [0, 0.1) is 0 Å². The van der Waals surface area contributed by atoms with Gasteiger partial charge in [-0.15, -0.1) is 0 Å². The molecule has 14 heavy (non-hydrogen) atoms. The molecule has 0 bridgehead atoms. The van der Waals surface area contributed by atoms with E-state index in [4.69, 9.17) is 4.74 Å². The van der Waals surface area contributed by atoms with E-state index in [-0.39, 0.29) is 0 Å². The van der Waals surface area contributed by atoms with E-state index in [0.29, 0.717) is 13.0 Å². The van der Waals surface area contributed by atoms with Crippen LogP contribution in [0.15, 0.2) is 0 Å². The Kier molecular flexibility index (Phi) is 8.64. The number of aliphatic hydroxyl groups is 1. The summed E-state index contributed by atoms with van der Waals surface area (Å²) in [6, 6.07) is 0. The second kappa shape index (κ2) is 9.00. The summed E-state index contributed by atoms with van der Waals surface area (Å²) in [4.78, 5) is 11.1. The van der Waals surface area contributed by atoms with E-state index in [2.05, 4.69) is 6.92 Å². The fourth-order valence-corrected chi connectivity index (χ4v) is 1.14. The highest BCUT2D eigenvalue weighted by Crippen LogP contribution is 2.03. The van der Waals surface area contributed by atoms with Gasteiger partial charge >= 0.3 is 5.97 Å². The molecule has 0 aromatic carbocycles. The Morgan fingerprint density at radius 3 is 2.43 bits per heavy atom. The number of aliphatic hydroxyl groups excluding tert-OH is 1. The summed E-state index contributed by atoms with van der Waals surface area (Å²) in [5.41, 5.74) is 0. The van der Waals surface area contributed by atoms with Crippen molar-refractivity contribution in [3.8, 4) is 0 Å². The topological polar surface area (TPSA) is 46.5 Å². The zero-order valence-electron chi connectivity index (χ0n) is 9.29. The molecule has 0 aliphatic carbocycles. The Labute approximate surface area is 86.5 Å². The zero-order chi connectivity index (χ0) is 10.8.